The number of hydrogen-bond donors (Lipinski definition) is 3. The number of carbonyl (C=O) groups excluding carboxylic acids is 4. The molecule has 1 aliphatic heterocycles. The van der Waals surface area contributed by atoms with Gasteiger partial charge in [0.2, 0.25) is 5.91 Å². The van der Waals surface area contributed by atoms with Gasteiger partial charge in [-0.05, 0) is 55.3 Å². The fourth-order valence-electron chi connectivity index (χ4n) is 3.61. The molecule has 2 heterocycles. The van der Waals surface area contributed by atoms with Gasteiger partial charge in [-0.2, -0.15) is 0 Å². The van der Waals surface area contributed by atoms with Crippen LogP contribution < -0.4 is 16.0 Å². The van der Waals surface area contributed by atoms with E-state index in [2.05, 4.69) is 20.9 Å². The monoisotopic (exact) mass is 469 g/mol. The van der Waals surface area contributed by atoms with Gasteiger partial charge in [0.1, 0.15) is 5.03 Å². The lowest BCUT2D eigenvalue weighted by atomic mass is 9.96. The minimum atomic E-state index is -0.774. The summed E-state index contributed by atoms with van der Waals surface area (Å²) in [5.74, 6) is -1.57. The van der Waals surface area contributed by atoms with Crippen LogP contribution in [0.2, 0.25) is 0 Å². The van der Waals surface area contributed by atoms with E-state index in [0.29, 0.717) is 41.6 Å². The first-order chi connectivity index (χ1) is 15.9. The zero-order valence-electron chi connectivity index (χ0n) is 18.6. The zero-order chi connectivity index (χ0) is 23.8. The molecule has 1 saturated heterocycles. The van der Waals surface area contributed by atoms with Gasteiger partial charge in [-0.3, -0.25) is 19.2 Å². The Kier molecular flexibility index (Phi) is 8.42. The SMILES string of the molecule is CSc1ncccc1C(=O)N1CCC(CNC(=O)C(=O)Nc2cccc(NC(C)=O)c2)CC1. The van der Waals surface area contributed by atoms with E-state index in [1.165, 1.54) is 18.7 Å². The summed E-state index contributed by atoms with van der Waals surface area (Å²) >= 11 is 1.44. The van der Waals surface area contributed by atoms with E-state index in [1.54, 1.807) is 42.6 Å². The van der Waals surface area contributed by atoms with E-state index >= 15 is 0 Å². The fourth-order valence-corrected chi connectivity index (χ4v) is 4.15. The number of carbonyl (C=O) groups is 4. The molecule has 2 aromatic rings. The van der Waals surface area contributed by atoms with E-state index in [4.69, 9.17) is 0 Å². The van der Waals surface area contributed by atoms with E-state index < -0.39 is 11.8 Å². The van der Waals surface area contributed by atoms with Gasteiger partial charge in [0.05, 0.1) is 5.56 Å². The molecule has 1 fully saturated rings. The second-order valence-corrected chi connectivity index (χ2v) is 8.52. The molecule has 0 bridgehead atoms. The van der Waals surface area contributed by atoms with Crippen LogP contribution in [-0.2, 0) is 14.4 Å². The van der Waals surface area contributed by atoms with Crippen molar-refractivity contribution in [3.63, 3.8) is 0 Å². The Labute approximate surface area is 196 Å². The Morgan fingerprint density at radius 2 is 1.73 bits per heavy atom. The maximum Gasteiger partial charge on any atom is 0.313 e. The highest BCUT2D eigenvalue weighted by Crippen LogP contribution is 2.22. The Morgan fingerprint density at radius 3 is 2.39 bits per heavy atom. The van der Waals surface area contributed by atoms with Crippen LogP contribution in [0.3, 0.4) is 0 Å². The van der Waals surface area contributed by atoms with Crippen molar-refractivity contribution in [1.82, 2.24) is 15.2 Å². The van der Waals surface area contributed by atoms with Crippen LogP contribution in [0.1, 0.15) is 30.1 Å². The number of nitrogens with zero attached hydrogens (tertiary/aromatic N) is 2. The summed E-state index contributed by atoms with van der Waals surface area (Å²) in [6.07, 6.45) is 5.04. The number of piperidine rings is 1. The molecule has 10 heteroatoms. The maximum absolute atomic E-state index is 12.8. The Hall–Kier alpha value is -3.40. The molecule has 0 radical (unpaired) electrons. The van der Waals surface area contributed by atoms with E-state index in [9.17, 15) is 19.2 Å². The molecule has 174 valence electrons. The fraction of sp³-hybridized carbons (Fsp3) is 0.348. The number of hydrogen-bond acceptors (Lipinski definition) is 6. The topological polar surface area (TPSA) is 120 Å². The summed E-state index contributed by atoms with van der Waals surface area (Å²) in [5.41, 5.74) is 1.54. The third-order valence-corrected chi connectivity index (χ3v) is 6.01. The molecule has 0 aliphatic carbocycles. The molecule has 0 unspecified atom stereocenters. The van der Waals surface area contributed by atoms with Gasteiger partial charge in [-0.1, -0.05) is 6.07 Å². The molecule has 0 spiro atoms. The minimum Gasteiger partial charge on any atom is -0.348 e. The molecular weight excluding hydrogens is 442 g/mol. The normalized spacial score (nSPS) is 13.8. The highest BCUT2D eigenvalue weighted by molar-refractivity contribution is 7.98. The first-order valence-corrected chi connectivity index (χ1v) is 11.8. The minimum absolute atomic E-state index is 0.0317. The Morgan fingerprint density at radius 1 is 1.03 bits per heavy atom. The van der Waals surface area contributed by atoms with Crippen LogP contribution >= 0.6 is 11.8 Å². The molecular formula is C23H27N5O4S. The predicted octanol–water partition coefficient (Wildman–Crippen LogP) is 2.37. The number of aromatic nitrogens is 1. The number of benzene rings is 1. The third-order valence-electron chi connectivity index (χ3n) is 5.29. The summed E-state index contributed by atoms with van der Waals surface area (Å²) in [4.78, 5) is 54.5. The quantitative estimate of drug-likeness (QED) is 0.441. The largest absolute Gasteiger partial charge is 0.348 e. The van der Waals surface area contributed by atoms with Crippen molar-refractivity contribution >= 4 is 46.8 Å². The molecule has 0 saturated carbocycles. The van der Waals surface area contributed by atoms with Crippen LogP contribution in [-0.4, -0.2) is 59.4 Å². The first-order valence-electron chi connectivity index (χ1n) is 10.6. The Bertz CT molecular complexity index is 1040. The van der Waals surface area contributed by atoms with Crippen molar-refractivity contribution in [2.24, 2.45) is 5.92 Å². The summed E-state index contributed by atoms with van der Waals surface area (Å²) < 4.78 is 0. The molecule has 1 aliphatic rings. The van der Waals surface area contributed by atoms with E-state index in [1.807, 2.05) is 11.2 Å². The van der Waals surface area contributed by atoms with Crippen LogP contribution in [0.4, 0.5) is 11.4 Å². The molecule has 33 heavy (non-hydrogen) atoms. The predicted molar refractivity (Wildman–Crippen MR) is 127 cm³/mol. The lowest BCUT2D eigenvalue weighted by molar-refractivity contribution is -0.136. The number of anilines is 2. The Balaban J connectivity index is 1.45. The summed E-state index contributed by atoms with van der Waals surface area (Å²) in [6, 6.07) is 10.1. The highest BCUT2D eigenvalue weighted by Gasteiger charge is 2.26. The van der Waals surface area contributed by atoms with Gasteiger partial charge in [0, 0.05) is 44.1 Å². The molecule has 3 N–H and O–H groups in total. The van der Waals surface area contributed by atoms with Crippen LogP contribution in [0.5, 0.6) is 0 Å². The molecule has 9 nitrogen and oxygen atoms in total. The van der Waals surface area contributed by atoms with Crippen LogP contribution in [0, 0.1) is 5.92 Å². The van der Waals surface area contributed by atoms with Gasteiger partial charge >= 0.3 is 11.8 Å². The molecule has 4 amide bonds. The summed E-state index contributed by atoms with van der Waals surface area (Å²) in [7, 11) is 0. The van der Waals surface area contributed by atoms with Crippen molar-refractivity contribution in [3.8, 4) is 0 Å². The van der Waals surface area contributed by atoms with Crippen molar-refractivity contribution in [1.29, 1.82) is 0 Å². The average Bonchev–Trinajstić information content (AvgIpc) is 2.82. The van der Waals surface area contributed by atoms with Crippen molar-refractivity contribution in [2.75, 3.05) is 36.5 Å². The van der Waals surface area contributed by atoms with Crippen LogP contribution in [0.15, 0.2) is 47.6 Å². The summed E-state index contributed by atoms with van der Waals surface area (Å²) in [5, 5.41) is 8.54. The number of pyridine rings is 1. The highest BCUT2D eigenvalue weighted by atomic mass is 32.2. The van der Waals surface area contributed by atoms with Crippen LogP contribution in [0.25, 0.3) is 0 Å². The third kappa shape index (κ3) is 6.79. The second kappa shape index (κ2) is 11.5. The molecule has 1 aromatic heterocycles. The van der Waals surface area contributed by atoms with Gasteiger partial charge in [0.25, 0.3) is 5.91 Å². The van der Waals surface area contributed by atoms with E-state index in [0.717, 1.165) is 12.8 Å². The van der Waals surface area contributed by atoms with Gasteiger partial charge in [-0.25, -0.2) is 4.98 Å². The van der Waals surface area contributed by atoms with E-state index in [-0.39, 0.29) is 17.7 Å². The summed E-state index contributed by atoms with van der Waals surface area (Å²) in [6.45, 7) is 2.93. The molecule has 3 rings (SSSR count). The second-order valence-electron chi connectivity index (χ2n) is 7.72. The van der Waals surface area contributed by atoms with Crippen molar-refractivity contribution < 1.29 is 19.2 Å². The van der Waals surface area contributed by atoms with Crippen molar-refractivity contribution in [3.05, 3.63) is 48.2 Å². The lowest BCUT2D eigenvalue weighted by Gasteiger charge is -2.32. The number of thioether (sulfide) groups is 1. The lowest BCUT2D eigenvalue weighted by Crippen LogP contribution is -2.43. The zero-order valence-corrected chi connectivity index (χ0v) is 19.4. The smallest absolute Gasteiger partial charge is 0.313 e. The van der Waals surface area contributed by atoms with Gasteiger partial charge < -0.3 is 20.9 Å². The number of amides is 4. The van der Waals surface area contributed by atoms with Crippen molar-refractivity contribution in [2.45, 2.75) is 24.8 Å². The molecule has 0 atom stereocenters. The maximum atomic E-state index is 12.8. The average molecular weight is 470 g/mol. The molecule has 1 aromatic carbocycles. The van der Waals surface area contributed by atoms with Gasteiger partial charge in [0.15, 0.2) is 0 Å². The van der Waals surface area contributed by atoms with Gasteiger partial charge in [-0.15, -0.1) is 11.8 Å². The number of likely N-dealkylation sites (tertiary alicyclic amines) is 1. The number of rotatable bonds is 6. The standard InChI is InChI=1S/C23H27N5O4S/c1-15(29)26-17-5-3-6-18(13-17)27-21(31)20(30)25-14-16-8-11-28(12-9-16)23(32)19-7-4-10-24-22(19)33-2/h3-7,10,13,16H,8-9,11-12,14H2,1-2H3,(H,25,30)(H,26,29)(H,27,31). The number of nitrogens with one attached hydrogen (secondary N) is 3. The first kappa shape index (κ1) is 24.2.